The van der Waals surface area contributed by atoms with Gasteiger partial charge in [0.1, 0.15) is 5.15 Å². The number of aryl methyl sites for hydroxylation is 1. The first-order valence-corrected chi connectivity index (χ1v) is 5.19. The van der Waals surface area contributed by atoms with Crippen LogP contribution in [0.5, 0.6) is 0 Å². The molecule has 0 aliphatic rings. The predicted molar refractivity (Wildman–Crippen MR) is 62.2 cm³/mol. The van der Waals surface area contributed by atoms with Gasteiger partial charge in [-0.1, -0.05) is 41.9 Å². The maximum Gasteiger partial charge on any atom is 0.224 e. The van der Waals surface area contributed by atoms with E-state index >= 15 is 0 Å². The van der Waals surface area contributed by atoms with Crippen LogP contribution < -0.4 is 0 Å². The Morgan fingerprint density at radius 3 is 2.27 bits per heavy atom. The first kappa shape index (κ1) is 10.4. The summed E-state index contributed by atoms with van der Waals surface area (Å²) in [4.78, 5) is 8.01. The van der Waals surface area contributed by atoms with E-state index in [0.29, 0.717) is 5.15 Å². The maximum atomic E-state index is 6.03. The van der Waals surface area contributed by atoms with E-state index in [1.165, 1.54) is 0 Å². The molecule has 1 aromatic heterocycles. The first-order chi connectivity index (χ1) is 7.18. The number of hydrogen-bond acceptors (Lipinski definition) is 2. The SMILES string of the molecule is Cc1nc(Cl)nc(Cl)c1-c1ccccc1. The monoisotopic (exact) mass is 238 g/mol. The highest BCUT2D eigenvalue weighted by molar-refractivity contribution is 6.33. The van der Waals surface area contributed by atoms with Crippen molar-refractivity contribution in [1.29, 1.82) is 0 Å². The highest BCUT2D eigenvalue weighted by Crippen LogP contribution is 2.29. The minimum absolute atomic E-state index is 0.178. The van der Waals surface area contributed by atoms with Crippen LogP contribution in [-0.4, -0.2) is 9.97 Å². The highest BCUT2D eigenvalue weighted by atomic mass is 35.5. The Labute approximate surface area is 97.9 Å². The zero-order valence-corrected chi connectivity index (χ0v) is 9.55. The normalized spacial score (nSPS) is 10.3. The number of aromatic nitrogens is 2. The summed E-state index contributed by atoms with van der Waals surface area (Å²) < 4.78 is 0. The molecule has 0 N–H and O–H groups in total. The molecule has 1 heterocycles. The van der Waals surface area contributed by atoms with Gasteiger partial charge in [-0.05, 0) is 24.1 Å². The quantitative estimate of drug-likeness (QED) is 0.559. The topological polar surface area (TPSA) is 25.8 Å². The van der Waals surface area contributed by atoms with Crippen LogP contribution in [0.25, 0.3) is 11.1 Å². The molecule has 76 valence electrons. The summed E-state index contributed by atoms with van der Waals surface area (Å²) in [5.74, 6) is 0. The molecule has 1 aromatic carbocycles. The molecule has 2 nitrogen and oxygen atoms in total. The zero-order valence-electron chi connectivity index (χ0n) is 8.04. The first-order valence-electron chi connectivity index (χ1n) is 4.43. The molecule has 2 rings (SSSR count). The Morgan fingerprint density at radius 2 is 1.67 bits per heavy atom. The maximum absolute atomic E-state index is 6.03. The molecule has 0 amide bonds. The van der Waals surface area contributed by atoms with E-state index in [1.807, 2.05) is 37.3 Å². The van der Waals surface area contributed by atoms with Gasteiger partial charge in [-0.2, -0.15) is 0 Å². The Kier molecular flexibility index (Phi) is 2.89. The lowest BCUT2D eigenvalue weighted by atomic mass is 10.1. The second-order valence-electron chi connectivity index (χ2n) is 3.11. The van der Waals surface area contributed by atoms with E-state index in [-0.39, 0.29) is 5.28 Å². The van der Waals surface area contributed by atoms with E-state index in [2.05, 4.69) is 9.97 Å². The van der Waals surface area contributed by atoms with Crippen molar-refractivity contribution >= 4 is 23.2 Å². The molecular formula is C11H8Cl2N2. The van der Waals surface area contributed by atoms with E-state index in [4.69, 9.17) is 23.2 Å². The summed E-state index contributed by atoms with van der Waals surface area (Å²) in [7, 11) is 0. The minimum Gasteiger partial charge on any atom is -0.223 e. The van der Waals surface area contributed by atoms with Crippen LogP contribution >= 0.6 is 23.2 Å². The number of rotatable bonds is 1. The fourth-order valence-electron chi connectivity index (χ4n) is 1.44. The molecule has 0 aliphatic carbocycles. The van der Waals surface area contributed by atoms with Gasteiger partial charge in [0.2, 0.25) is 5.28 Å². The van der Waals surface area contributed by atoms with Crippen LogP contribution in [0.15, 0.2) is 30.3 Å². The van der Waals surface area contributed by atoms with Crippen molar-refractivity contribution in [2.24, 2.45) is 0 Å². The summed E-state index contributed by atoms with van der Waals surface area (Å²) in [6, 6.07) is 9.76. The number of hydrogen-bond donors (Lipinski definition) is 0. The molecule has 15 heavy (non-hydrogen) atoms. The van der Waals surface area contributed by atoms with E-state index in [0.717, 1.165) is 16.8 Å². The van der Waals surface area contributed by atoms with Crippen LogP contribution in [0, 0.1) is 6.92 Å². The molecule has 2 aromatic rings. The van der Waals surface area contributed by atoms with Gasteiger partial charge in [0.25, 0.3) is 0 Å². The van der Waals surface area contributed by atoms with Gasteiger partial charge in [0.05, 0.1) is 5.69 Å². The third kappa shape index (κ3) is 2.11. The molecule has 0 unspecified atom stereocenters. The summed E-state index contributed by atoms with van der Waals surface area (Å²) in [6.07, 6.45) is 0. The molecule has 4 heteroatoms. The molecule has 0 atom stereocenters. The van der Waals surface area contributed by atoms with Gasteiger partial charge in [-0.3, -0.25) is 0 Å². The average Bonchev–Trinajstić information content (AvgIpc) is 2.17. The van der Waals surface area contributed by atoms with Crippen molar-refractivity contribution in [3.63, 3.8) is 0 Å². The summed E-state index contributed by atoms with van der Waals surface area (Å²) in [6.45, 7) is 1.86. The van der Waals surface area contributed by atoms with Crippen molar-refractivity contribution in [2.45, 2.75) is 6.92 Å². The molecule has 0 spiro atoms. The standard InChI is InChI=1S/C11H8Cl2N2/c1-7-9(8-5-3-2-4-6-8)10(12)15-11(13)14-7/h2-6H,1H3. The Hall–Kier alpha value is -1.12. The summed E-state index contributed by atoms with van der Waals surface area (Å²) in [5, 5.41) is 0.566. The highest BCUT2D eigenvalue weighted by Gasteiger charge is 2.10. The number of benzene rings is 1. The molecule has 0 saturated heterocycles. The lowest BCUT2D eigenvalue weighted by molar-refractivity contribution is 1.11. The van der Waals surface area contributed by atoms with Gasteiger partial charge in [0.15, 0.2) is 0 Å². The van der Waals surface area contributed by atoms with Crippen LogP contribution in [-0.2, 0) is 0 Å². The van der Waals surface area contributed by atoms with Crippen LogP contribution in [0.4, 0.5) is 0 Å². The third-order valence-electron chi connectivity index (χ3n) is 2.08. The van der Waals surface area contributed by atoms with Crippen LogP contribution in [0.1, 0.15) is 5.69 Å². The Morgan fingerprint density at radius 1 is 1.00 bits per heavy atom. The molecule has 0 radical (unpaired) electrons. The van der Waals surface area contributed by atoms with Crippen molar-refractivity contribution in [3.8, 4) is 11.1 Å². The Bertz CT molecular complexity index is 460. The molecular weight excluding hydrogens is 231 g/mol. The average molecular weight is 239 g/mol. The van der Waals surface area contributed by atoms with Crippen molar-refractivity contribution in [2.75, 3.05) is 0 Å². The fraction of sp³-hybridized carbons (Fsp3) is 0.0909. The predicted octanol–water partition coefficient (Wildman–Crippen LogP) is 3.76. The van der Waals surface area contributed by atoms with Gasteiger partial charge in [-0.15, -0.1) is 0 Å². The van der Waals surface area contributed by atoms with E-state index < -0.39 is 0 Å². The van der Waals surface area contributed by atoms with E-state index in [9.17, 15) is 0 Å². The van der Waals surface area contributed by atoms with E-state index in [1.54, 1.807) is 0 Å². The van der Waals surface area contributed by atoms with Crippen molar-refractivity contribution < 1.29 is 0 Å². The Balaban J connectivity index is 2.64. The molecule has 0 fully saturated rings. The fourth-order valence-corrected chi connectivity index (χ4v) is 2.02. The van der Waals surface area contributed by atoms with Crippen molar-refractivity contribution in [3.05, 3.63) is 46.5 Å². The third-order valence-corrected chi connectivity index (χ3v) is 2.52. The molecule has 0 saturated carbocycles. The summed E-state index contributed by atoms with van der Waals surface area (Å²) >= 11 is 11.7. The minimum atomic E-state index is 0.178. The lowest BCUT2D eigenvalue weighted by Gasteiger charge is -2.06. The number of halogens is 2. The van der Waals surface area contributed by atoms with Gasteiger partial charge < -0.3 is 0 Å². The number of nitrogens with zero attached hydrogens (tertiary/aromatic N) is 2. The molecule has 0 bridgehead atoms. The van der Waals surface area contributed by atoms with Gasteiger partial charge in [-0.25, -0.2) is 9.97 Å². The largest absolute Gasteiger partial charge is 0.224 e. The smallest absolute Gasteiger partial charge is 0.223 e. The molecule has 0 aliphatic heterocycles. The summed E-state index contributed by atoms with van der Waals surface area (Å²) in [5.41, 5.74) is 2.62. The van der Waals surface area contributed by atoms with Crippen molar-refractivity contribution in [1.82, 2.24) is 9.97 Å². The van der Waals surface area contributed by atoms with Crippen LogP contribution in [0.2, 0.25) is 10.4 Å². The van der Waals surface area contributed by atoms with Crippen LogP contribution in [0.3, 0.4) is 0 Å². The second kappa shape index (κ2) is 4.17. The zero-order chi connectivity index (χ0) is 10.8. The second-order valence-corrected chi connectivity index (χ2v) is 3.81. The van der Waals surface area contributed by atoms with Gasteiger partial charge in [0, 0.05) is 5.56 Å². The lowest BCUT2D eigenvalue weighted by Crippen LogP contribution is -1.93. The van der Waals surface area contributed by atoms with Gasteiger partial charge >= 0.3 is 0 Å².